The Morgan fingerprint density at radius 3 is 2.24 bits per heavy atom. The zero-order valence-electron chi connectivity index (χ0n) is 14.7. The molecule has 0 radical (unpaired) electrons. The van der Waals surface area contributed by atoms with E-state index >= 15 is 0 Å². The Morgan fingerprint density at radius 1 is 1.08 bits per heavy atom. The molecule has 1 amide bonds. The number of ether oxygens (including phenoxy) is 1. The molecule has 0 aromatic heterocycles. The Hall–Kier alpha value is -2.17. The normalized spacial score (nSPS) is 19.0. The summed E-state index contributed by atoms with van der Waals surface area (Å²) in [6.45, 7) is 3.75. The average Bonchev–Trinajstić information content (AvgIpc) is 2.68. The number of carbonyl (C=O) groups is 1. The van der Waals surface area contributed by atoms with E-state index in [4.69, 9.17) is 10.5 Å². The van der Waals surface area contributed by atoms with Crippen LogP contribution in [0.15, 0.2) is 60.7 Å². The molecule has 132 valence electrons. The third-order valence-electron chi connectivity index (χ3n) is 5.27. The predicted octanol–water partition coefficient (Wildman–Crippen LogP) is 2.73. The van der Waals surface area contributed by atoms with Gasteiger partial charge in [-0.15, -0.1) is 0 Å². The Kier molecular flexibility index (Phi) is 5.21. The molecule has 4 heteroatoms. The maximum absolute atomic E-state index is 12.8. The fourth-order valence-electron chi connectivity index (χ4n) is 3.47. The van der Waals surface area contributed by atoms with Gasteiger partial charge >= 0.3 is 0 Å². The lowest BCUT2D eigenvalue weighted by Crippen LogP contribution is -2.53. The summed E-state index contributed by atoms with van der Waals surface area (Å²) in [5.41, 5.74) is 7.26. The lowest BCUT2D eigenvalue weighted by atomic mass is 9.74. The Labute approximate surface area is 149 Å². The summed E-state index contributed by atoms with van der Waals surface area (Å²) >= 11 is 0. The second-order valence-corrected chi connectivity index (χ2v) is 7.01. The van der Waals surface area contributed by atoms with Gasteiger partial charge in [0.05, 0.1) is 0 Å². The number of hydrogen-bond acceptors (Lipinski definition) is 3. The molecule has 25 heavy (non-hydrogen) atoms. The van der Waals surface area contributed by atoms with Crippen molar-refractivity contribution < 1.29 is 9.53 Å². The number of benzene rings is 2. The fourth-order valence-corrected chi connectivity index (χ4v) is 3.47. The number of amides is 1. The molecule has 0 spiro atoms. The molecule has 0 aliphatic carbocycles. The molecule has 3 N–H and O–H groups in total. The molecule has 2 aromatic carbocycles. The molecule has 3 rings (SSSR count). The monoisotopic (exact) mass is 338 g/mol. The van der Waals surface area contributed by atoms with E-state index in [1.807, 2.05) is 48.5 Å². The second kappa shape index (κ2) is 7.38. The first-order valence-corrected chi connectivity index (χ1v) is 8.81. The van der Waals surface area contributed by atoms with Crippen molar-refractivity contribution in [2.75, 3.05) is 19.8 Å². The van der Waals surface area contributed by atoms with Crippen LogP contribution in [0.1, 0.15) is 30.9 Å². The van der Waals surface area contributed by atoms with Crippen LogP contribution in [0, 0.1) is 0 Å². The molecule has 1 unspecified atom stereocenters. The second-order valence-electron chi connectivity index (χ2n) is 7.01. The standard InChI is InChI=1S/C21H26N2O2/c1-20(22,17-8-4-2-5-9-17)19(24)23-16-21(12-14-25-15-13-21)18-10-6-3-7-11-18/h2-11H,12-16,22H2,1H3,(H,23,24). The van der Waals surface area contributed by atoms with E-state index in [1.165, 1.54) is 5.56 Å². The lowest BCUT2D eigenvalue weighted by molar-refractivity contribution is -0.126. The third-order valence-corrected chi connectivity index (χ3v) is 5.27. The van der Waals surface area contributed by atoms with Crippen molar-refractivity contribution in [1.82, 2.24) is 5.32 Å². The van der Waals surface area contributed by atoms with Crippen LogP contribution in [-0.2, 0) is 20.5 Å². The van der Waals surface area contributed by atoms with Gasteiger partial charge in [0.2, 0.25) is 5.91 Å². The van der Waals surface area contributed by atoms with E-state index < -0.39 is 5.54 Å². The van der Waals surface area contributed by atoms with E-state index in [0.717, 1.165) is 18.4 Å². The number of carbonyl (C=O) groups excluding carboxylic acids is 1. The van der Waals surface area contributed by atoms with Crippen LogP contribution in [0.4, 0.5) is 0 Å². The number of rotatable bonds is 5. The highest BCUT2D eigenvalue weighted by Crippen LogP contribution is 2.34. The average molecular weight is 338 g/mol. The van der Waals surface area contributed by atoms with Crippen LogP contribution in [0.5, 0.6) is 0 Å². The van der Waals surface area contributed by atoms with Crippen LogP contribution in [0.2, 0.25) is 0 Å². The molecular formula is C21H26N2O2. The first-order chi connectivity index (χ1) is 12.0. The van der Waals surface area contributed by atoms with E-state index in [9.17, 15) is 4.79 Å². The maximum atomic E-state index is 12.8. The first-order valence-electron chi connectivity index (χ1n) is 8.81. The highest BCUT2D eigenvalue weighted by atomic mass is 16.5. The van der Waals surface area contributed by atoms with E-state index in [0.29, 0.717) is 19.8 Å². The SMILES string of the molecule is CC(N)(C(=O)NCC1(c2ccccc2)CCOCC1)c1ccccc1. The Bertz CT molecular complexity index is 692. The highest BCUT2D eigenvalue weighted by Gasteiger charge is 2.37. The molecular weight excluding hydrogens is 312 g/mol. The van der Waals surface area contributed by atoms with Gasteiger partial charge in [-0.1, -0.05) is 60.7 Å². The molecule has 1 aliphatic heterocycles. The van der Waals surface area contributed by atoms with Crippen molar-refractivity contribution >= 4 is 5.91 Å². The quantitative estimate of drug-likeness (QED) is 0.881. The number of hydrogen-bond donors (Lipinski definition) is 2. The third kappa shape index (κ3) is 3.75. The lowest BCUT2D eigenvalue weighted by Gasteiger charge is -2.38. The van der Waals surface area contributed by atoms with Gasteiger partial charge < -0.3 is 15.8 Å². The van der Waals surface area contributed by atoms with Gasteiger partial charge in [0.1, 0.15) is 5.54 Å². The zero-order chi connectivity index (χ0) is 17.8. The minimum absolute atomic E-state index is 0.0953. The summed E-state index contributed by atoms with van der Waals surface area (Å²) < 4.78 is 5.55. The highest BCUT2D eigenvalue weighted by molar-refractivity contribution is 5.87. The van der Waals surface area contributed by atoms with Crippen molar-refractivity contribution in [1.29, 1.82) is 0 Å². The van der Waals surface area contributed by atoms with Crippen LogP contribution >= 0.6 is 0 Å². The van der Waals surface area contributed by atoms with Crippen LogP contribution in [0.3, 0.4) is 0 Å². The molecule has 4 nitrogen and oxygen atoms in total. The molecule has 0 saturated carbocycles. The number of nitrogens with two attached hydrogens (primary N) is 1. The number of nitrogens with one attached hydrogen (secondary N) is 1. The minimum Gasteiger partial charge on any atom is -0.381 e. The van der Waals surface area contributed by atoms with Crippen molar-refractivity contribution in [2.24, 2.45) is 5.73 Å². The summed E-state index contributed by atoms with van der Waals surface area (Å²) in [6, 6.07) is 19.9. The van der Waals surface area contributed by atoms with Gasteiger partial charge in [-0.3, -0.25) is 4.79 Å². The van der Waals surface area contributed by atoms with Crippen LogP contribution in [-0.4, -0.2) is 25.7 Å². The Balaban J connectivity index is 1.76. The maximum Gasteiger partial charge on any atom is 0.244 e. The van der Waals surface area contributed by atoms with E-state index in [2.05, 4.69) is 17.4 Å². The van der Waals surface area contributed by atoms with Gasteiger partial charge in [-0.2, -0.15) is 0 Å². The van der Waals surface area contributed by atoms with Crippen molar-refractivity contribution in [2.45, 2.75) is 30.7 Å². The van der Waals surface area contributed by atoms with Gasteiger partial charge in [0, 0.05) is 25.2 Å². The minimum atomic E-state index is -1.05. The van der Waals surface area contributed by atoms with Crippen LogP contribution in [0.25, 0.3) is 0 Å². The van der Waals surface area contributed by atoms with Gasteiger partial charge in [-0.05, 0) is 30.9 Å². The van der Waals surface area contributed by atoms with Gasteiger partial charge in [-0.25, -0.2) is 0 Å². The summed E-state index contributed by atoms with van der Waals surface area (Å²) in [5.74, 6) is -0.152. The molecule has 1 aliphatic rings. The molecule has 1 fully saturated rings. The fraction of sp³-hybridized carbons (Fsp3) is 0.381. The topological polar surface area (TPSA) is 64.4 Å². The van der Waals surface area contributed by atoms with E-state index in [-0.39, 0.29) is 11.3 Å². The van der Waals surface area contributed by atoms with Gasteiger partial charge in [0.25, 0.3) is 0 Å². The van der Waals surface area contributed by atoms with Crippen molar-refractivity contribution in [3.63, 3.8) is 0 Å². The summed E-state index contributed by atoms with van der Waals surface area (Å²) in [5, 5.41) is 3.11. The smallest absolute Gasteiger partial charge is 0.244 e. The summed E-state index contributed by atoms with van der Waals surface area (Å²) in [4.78, 5) is 12.8. The molecule has 2 aromatic rings. The first kappa shape index (κ1) is 17.6. The summed E-state index contributed by atoms with van der Waals surface area (Å²) in [7, 11) is 0. The van der Waals surface area contributed by atoms with Crippen molar-refractivity contribution in [3.05, 3.63) is 71.8 Å². The zero-order valence-corrected chi connectivity index (χ0v) is 14.7. The van der Waals surface area contributed by atoms with E-state index in [1.54, 1.807) is 6.92 Å². The summed E-state index contributed by atoms with van der Waals surface area (Å²) in [6.07, 6.45) is 1.79. The van der Waals surface area contributed by atoms with Gasteiger partial charge in [0.15, 0.2) is 0 Å². The van der Waals surface area contributed by atoms with Crippen molar-refractivity contribution in [3.8, 4) is 0 Å². The molecule has 0 bridgehead atoms. The molecule has 1 atom stereocenters. The Morgan fingerprint density at radius 2 is 1.64 bits per heavy atom. The molecule has 1 heterocycles. The molecule has 1 saturated heterocycles. The van der Waals surface area contributed by atoms with Crippen LogP contribution < -0.4 is 11.1 Å². The predicted molar refractivity (Wildman–Crippen MR) is 99.2 cm³/mol. The largest absolute Gasteiger partial charge is 0.381 e.